The molecule has 1 aromatic carbocycles. The summed E-state index contributed by atoms with van der Waals surface area (Å²) in [4.78, 5) is 14.9. The van der Waals surface area contributed by atoms with Gasteiger partial charge in [-0.1, -0.05) is 29.8 Å². The van der Waals surface area contributed by atoms with E-state index >= 15 is 0 Å². The van der Waals surface area contributed by atoms with E-state index in [0.29, 0.717) is 0 Å². The molecule has 0 radical (unpaired) electrons. The number of benzene rings is 1. The third kappa shape index (κ3) is 3.13. The van der Waals surface area contributed by atoms with Gasteiger partial charge in [-0.25, -0.2) is 9.37 Å². The first-order valence-corrected chi connectivity index (χ1v) is 5.71. The Hall–Kier alpha value is -2.30. The van der Waals surface area contributed by atoms with Crippen LogP contribution in [0.25, 0.3) is 0 Å². The lowest BCUT2D eigenvalue weighted by Gasteiger charge is -2.07. The minimum atomic E-state index is -1.27. The van der Waals surface area contributed by atoms with Crippen molar-refractivity contribution in [2.45, 2.75) is 13.5 Å². The van der Waals surface area contributed by atoms with Gasteiger partial charge in [0.25, 0.3) is 5.91 Å². The molecule has 0 spiro atoms. The van der Waals surface area contributed by atoms with Crippen LogP contribution in [0.5, 0.6) is 0 Å². The fourth-order valence-corrected chi connectivity index (χ4v) is 1.69. The lowest BCUT2D eigenvalue weighted by Crippen LogP contribution is -2.24. The number of hydrogen-bond donors (Lipinski definition) is 1. The number of aromatic nitrogens is 1. The smallest absolute Gasteiger partial charge is 0.254 e. The molecule has 3 nitrogen and oxygen atoms in total. The van der Waals surface area contributed by atoms with Crippen molar-refractivity contribution < 1.29 is 13.6 Å². The number of carbonyl (C=O) groups excluding carboxylic acids is 1. The average Bonchev–Trinajstić information content (AvgIpc) is 2.39. The standard InChI is InChI=1S/C14H12F2N2O/c1-9-3-2-4-10(7-9)8-18-14(19)11-5-6-17-13(16)12(11)15/h2-7H,8H2,1H3,(H,18,19). The number of nitrogens with zero attached hydrogens (tertiary/aromatic N) is 1. The van der Waals surface area contributed by atoms with E-state index in [1.54, 1.807) is 0 Å². The van der Waals surface area contributed by atoms with Crippen molar-refractivity contribution in [2.24, 2.45) is 0 Å². The summed E-state index contributed by atoms with van der Waals surface area (Å²) in [5.41, 5.74) is 1.61. The lowest BCUT2D eigenvalue weighted by atomic mass is 10.1. The van der Waals surface area contributed by atoms with Gasteiger partial charge in [-0.3, -0.25) is 4.79 Å². The summed E-state index contributed by atoms with van der Waals surface area (Å²) in [6.45, 7) is 2.19. The molecule has 0 unspecified atom stereocenters. The highest BCUT2D eigenvalue weighted by atomic mass is 19.2. The first-order chi connectivity index (χ1) is 9.08. The SMILES string of the molecule is Cc1cccc(CNC(=O)c2ccnc(F)c2F)c1. The molecule has 0 aliphatic heterocycles. The van der Waals surface area contributed by atoms with E-state index in [9.17, 15) is 13.6 Å². The summed E-state index contributed by atoms with van der Waals surface area (Å²) >= 11 is 0. The van der Waals surface area contributed by atoms with Gasteiger partial charge >= 0.3 is 0 Å². The number of rotatable bonds is 3. The maximum absolute atomic E-state index is 13.3. The number of hydrogen-bond acceptors (Lipinski definition) is 2. The molecule has 5 heteroatoms. The zero-order chi connectivity index (χ0) is 13.8. The van der Waals surface area contributed by atoms with Crippen LogP contribution in [0.15, 0.2) is 36.5 Å². The van der Waals surface area contributed by atoms with Crippen molar-refractivity contribution in [1.29, 1.82) is 0 Å². The van der Waals surface area contributed by atoms with Gasteiger partial charge in [-0.05, 0) is 18.6 Å². The predicted octanol–water partition coefficient (Wildman–Crippen LogP) is 2.60. The van der Waals surface area contributed by atoms with E-state index in [0.717, 1.165) is 23.4 Å². The van der Waals surface area contributed by atoms with Crippen LogP contribution in [0.3, 0.4) is 0 Å². The molecule has 0 atom stereocenters. The van der Waals surface area contributed by atoms with E-state index in [2.05, 4.69) is 10.3 Å². The van der Waals surface area contributed by atoms with Crippen molar-refractivity contribution in [1.82, 2.24) is 10.3 Å². The molecule has 2 aromatic rings. The molecule has 0 aliphatic carbocycles. The zero-order valence-electron chi connectivity index (χ0n) is 10.3. The highest BCUT2D eigenvalue weighted by Gasteiger charge is 2.15. The van der Waals surface area contributed by atoms with Crippen molar-refractivity contribution in [3.05, 3.63) is 65.0 Å². The Labute approximate surface area is 109 Å². The van der Waals surface area contributed by atoms with Gasteiger partial charge in [0.15, 0.2) is 5.82 Å². The molecule has 1 amide bonds. The molecular weight excluding hydrogens is 250 g/mol. The largest absolute Gasteiger partial charge is 0.348 e. The summed E-state index contributed by atoms with van der Waals surface area (Å²) < 4.78 is 26.2. The first-order valence-electron chi connectivity index (χ1n) is 5.71. The molecule has 0 saturated carbocycles. The zero-order valence-corrected chi connectivity index (χ0v) is 10.3. The average molecular weight is 262 g/mol. The fourth-order valence-electron chi connectivity index (χ4n) is 1.69. The molecule has 19 heavy (non-hydrogen) atoms. The normalized spacial score (nSPS) is 10.3. The molecule has 0 aliphatic rings. The van der Waals surface area contributed by atoms with E-state index in [-0.39, 0.29) is 12.1 Å². The third-order valence-corrected chi connectivity index (χ3v) is 2.63. The summed E-state index contributed by atoms with van der Waals surface area (Å²) in [7, 11) is 0. The van der Waals surface area contributed by atoms with Gasteiger partial charge in [-0.2, -0.15) is 4.39 Å². The predicted molar refractivity (Wildman–Crippen MR) is 66.5 cm³/mol. The molecule has 0 fully saturated rings. The second kappa shape index (κ2) is 5.56. The Morgan fingerprint density at radius 1 is 1.32 bits per heavy atom. The van der Waals surface area contributed by atoms with Crippen LogP contribution < -0.4 is 5.32 Å². The highest BCUT2D eigenvalue weighted by Crippen LogP contribution is 2.09. The molecule has 0 saturated heterocycles. The third-order valence-electron chi connectivity index (χ3n) is 2.63. The first kappa shape index (κ1) is 13.1. The van der Waals surface area contributed by atoms with Crippen LogP contribution in [0.4, 0.5) is 8.78 Å². The molecule has 1 N–H and O–H groups in total. The number of halogens is 2. The van der Waals surface area contributed by atoms with Gasteiger partial charge in [-0.15, -0.1) is 0 Å². The van der Waals surface area contributed by atoms with E-state index in [1.807, 2.05) is 31.2 Å². The fraction of sp³-hybridized carbons (Fsp3) is 0.143. The van der Waals surface area contributed by atoms with Crippen LogP contribution in [-0.2, 0) is 6.54 Å². The summed E-state index contributed by atoms with van der Waals surface area (Å²) in [6.07, 6.45) is 1.06. The summed E-state index contributed by atoms with van der Waals surface area (Å²) in [5.74, 6) is -3.17. The molecule has 1 aromatic heterocycles. The molecule has 98 valence electrons. The Balaban J connectivity index is 2.08. The number of nitrogens with one attached hydrogen (secondary N) is 1. The van der Waals surface area contributed by atoms with Gasteiger partial charge in [0, 0.05) is 12.7 Å². The Kier molecular flexibility index (Phi) is 3.85. The van der Waals surface area contributed by atoms with E-state index in [4.69, 9.17) is 0 Å². The quantitative estimate of drug-likeness (QED) is 0.864. The second-order valence-corrected chi connectivity index (χ2v) is 4.14. The van der Waals surface area contributed by atoms with Gasteiger partial charge in [0.1, 0.15) is 0 Å². The van der Waals surface area contributed by atoms with Crippen LogP contribution in [0, 0.1) is 18.7 Å². The van der Waals surface area contributed by atoms with Crippen LogP contribution >= 0.6 is 0 Å². The van der Waals surface area contributed by atoms with Gasteiger partial charge < -0.3 is 5.32 Å². The number of amides is 1. The van der Waals surface area contributed by atoms with Crippen molar-refractivity contribution in [2.75, 3.05) is 0 Å². The molecule has 2 rings (SSSR count). The Morgan fingerprint density at radius 3 is 2.84 bits per heavy atom. The summed E-state index contributed by atoms with van der Waals surface area (Å²) in [6, 6.07) is 8.69. The Morgan fingerprint density at radius 2 is 2.11 bits per heavy atom. The highest BCUT2D eigenvalue weighted by molar-refractivity contribution is 5.94. The van der Waals surface area contributed by atoms with Gasteiger partial charge in [0.05, 0.1) is 5.56 Å². The monoisotopic (exact) mass is 262 g/mol. The minimum Gasteiger partial charge on any atom is -0.348 e. The number of carbonyl (C=O) groups is 1. The van der Waals surface area contributed by atoms with Crippen molar-refractivity contribution in [3.63, 3.8) is 0 Å². The maximum Gasteiger partial charge on any atom is 0.254 e. The second-order valence-electron chi connectivity index (χ2n) is 4.14. The number of aryl methyl sites for hydroxylation is 1. The van der Waals surface area contributed by atoms with Crippen LogP contribution in [0.2, 0.25) is 0 Å². The minimum absolute atomic E-state index is 0.254. The summed E-state index contributed by atoms with van der Waals surface area (Å²) in [5, 5.41) is 2.54. The number of pyridine rings is 1. The maximum atomic E-state index is 13.3. The van der Waals surface area contributed by atoms with Gasteiger partial charge in [0.2, 0.25) is 5.95 Å². The molecular formula is C14H12F2N2O. The van der Waals surface area contributed by atoms with Crippen molar-refractivity contribution >= 4 is 5.91 Å². The molecule has 0 bridgehead atoms. The van der Waals surface area contributed by atoms with Crippen LogP contribution in [0.1, 0.15) is 21.5 Å². The van der Waals surface area contributed by atoms with Crippen LogP contribution in [-0.4, -0.2) is 10.9 Å². The van der Waals surface area contributed by atoms with E-state index < -0.39 is 17.7 Å². The van der Waals surface area contributed by atoms with Crippen molar-refractivity contribution in [3.8, 4) is 0 Å². The lowest BCUT2D eigenvalue weighted by molar-refractivity contribution is 0.0945. The Bertz CT molecular complexity index is 614. The molecule has 1 heterocycles. The topological polar surface area (TPSA) is 42.0 Å². The van der Waals surface area contributed by atoms with E-state index in [1.165, 1.54) is 0 Å².